The van der Waals surface area contributed by atoms with Crippen molar-refractivity contribution in [1.29, 1.82) is 0 Å². The number of ketones is 1. The summed E-state index contributed by atoms with van der Waals surface area (Å²) in [5, 5.41) is 0.516. The Balaban J connectivity index is 2.18. The molecule has 106 valence electrons. The summed E-state index contributed by atoms with van der Waals surface area (Å²) in [6.07, 6.45) is 5.19. The van der Waals surface area contributed by atoms with Gasteiger partial charge in [-0.25, -0.2) is 0 Å². The standard InChI is InChI=1S/C16H25NOS/c1-11(2)19-10-16(18)15-9-12(3)17(13(15)4)14-7-5-6-8-14/h9,11,14H,5-8,10H2,1-4H3. The Bertz CT molecular complexity index is 456. The fraction of sp³-hybridized carbons (Fsp3) is 0.688. The van der Waals surface area contributed by atoms with Crippen LogP contribution >= 0.6 is 11.8 Å². The van der Waals surface area contributed by atoms with Crippen LogP contribution in [0.25, 0.3) is 0 Å². The van der Waals surface area contributed by atoms with Crippen molar-refractivity contribution in [2.45, 2.75) is 64.7 Å². The molecule has 0 radical (unpaired) electrons. The van der Waals surface area contributed by atoms with E-state index in [9.17, 15) is 4.79 Å². The summed E-state index contributed by atoms with van der Waals surface area (Å²) in [6.45, 7) is 8.52. The average molecular weight is 279 g/mol. The van der Waals surface area contributed by atoms with E-state index >= 15 is 0 Å². The van der Waals surface area contributed by atoms with Crippen molar-refractivity contribution in [3.05, 3.63) is 23.0 Å². The first kappa shape index (κ1) is 14.7. The quantitative estimate of drug-likeness (QED) is 0.738. The summed E-state index contributed by atoms with van der Waals surface area (Å²) >= 11 is 1.73. The fourth-order valence-electron chi connectivity index (χ4n) is 3.10. The van der Waals surface area contributed by atoms with Gasteiger partial charge in [-0.3, -0.25) is 4.79 Å². The van der Waals surface area contributed by atoms with E-state index in [2.05, 4.69) is 38.3 Å². The van der Waals surface area contributed by atoms with Gasteiger partial charge in [0, 0.05) is 23.0 Å². The van der Waals surface area contributed by atoms with E-state index in [-0.39, 0.29) is 5.78 Å². The summed E-state index contributed by atoms with van der Waals surface area (Å²) in [7, 11) is 0. The Labute approximate surface area is 121 Å². The third-order valence-electron chi connectivity index (χ3n) is 4.02. The van der Waals surface area contributed by atoms with E-state index < -0.39 is 0 Å². The minimum absolute atomic E-state index is 0.288. The highest BCUT2D eigenvalue weighted by Crippen LogP contribution is 2.33. The molecule has 0 atom stereocenters. The van der Waals surface area contributed by atoms with Crippen LogP contribution in [0.3, 0.4) is 0 Å². The predicted molar refractivity (Wildman–Crippen MR) is 83.3 cm³/mol. The van der Waals surface area contributed by atoms with Crippen LogP contribution in [0.1, 0.15) is 67.3 Å². The lowest BCUT2D eigenvalue weighted by Crippen LogP contribution is -2.11. The zero-order valence-electron chi connectivity index (χ0n) is 12.5. The first-order valence-electron chi connectivity index (χ1n) is 7.34. The van der Waals surface area contributed by atoms with Crippen LogP contribution < -0.4 is 0 Å². The summed E-state index contributed by atoms with van der Waals surface area (Å²) in [5.74, 6) is 0.892. The van der Waals surface area contributed by atoms with Gasteiger partial charge in [-0.15, -0.1) is 0 Å². The monoisotopic (exact) mass is 279 g/mol. The van der Waals surface area contributed by atoms with Crippen LogP contribution in [0.5, 0.6) is 0 Å². The van der Waals surface area contributed by atoms with Crippen LogP contribution in [0, 0.1) is 13.8 Å². The van der Waals surface area contributed by atoms with Gasteiger partial charge in [-0.05, 0) is 38.0 Å². The lowest BCUT2D eigenvalue weighted by Gasteiger charge is -2.17. The maximum Gasteiger partial charge on any atom is 0.174 e. The van der Waals surface area contributed by atoms with Crippen molar-refractivity contribution >= 4 is 17.5 Å². The van der Waals surface area contributed by atoms with Crippen LogP contribution in [-0.2, 0) is 0 Å². The molecule has 1 heterocycles. The molecule has 1 fully saturated rings. The predicted octanol–water partition coefficient (Wildman–Crippen LogP) is 4.54. The average Bonchev–Trinajstić information content (AvgIpc) is 2.94. The van der Waals surface area contributed by atoms with Crippen molar-refractivity contribution in [2.24, 2.45) is 0 Å². The van der Waals surface area contributed by atoms with Crippen LogP contribution in [0.15, 0.2) is 6.07 Å². The summed E-state index contributed by atoms with van der Waals surface area (Å²) in [4.78, 5) is 12.3. The molecule has 0 N–H and O–H groups in total. The van der Waals surface area contributed by atoms with Crippen molar-refractivity contribution in [1.82, 2.24) is 4.57 Å². The molecule has 1 aliphatic carbocycles. The molecule has 2 nitrogen and oxygen atoms in total. The molecule has 0 spiro atoms. The normalized spacial score (nSPS) is 16.5. The Hall–Kier alpha value is -0.700. The minimum atomic E-state index is 0.288. The number of nitrogens with zero attached hydrogens (tertiary/aromatic N) is 1. The molecule has 3 heteroatoms. The molecular weight excluding hydrogens is 254 g/mol. The van der Waals surface area contributed by atoms with Crippen molar-refractivity contribution < 1.29 is 4.79 Å². The smallest absolute Gasteiger partial charge is 0.174 e. The lowest BCUT2D eigenvalue weighted by molar-refractivity contribution is 0.102. The molecular formula is C16H25NOS. The molecule has 1 aromatic rings. The largest absolute Gasteiger partial charge is 0.345 e. The van der Waals surface area contributed by atoms with E-state index in [4.69, 9.17) is 0 Å². The van der Waals surface area contributed by atoms with Gasteiger partial charge in [0.2, 0.25) is 0 Å². The molecule has 0 aromatic carbocycles. The van der Waals surface area contributed by atoms with Crippen LogP contribution in [0.2, 0.25) is 0 Å². The van der Waals surface area contributed by atoms with Gasteiger partial charge in [0.15, 0.2) is 5.78 Å². The summed E-state index contributed by atoms with van der Waals surface area (Å²) < 4.78 is 2.40. The highest BCUT2D eigenvalue weighted by molar-refractivity contribution is 8.00. The number of hydrogen-bond acceptors (Lipinski definition) is 2. The molecule has 19 heavy (non-hydrogen) atoms. The summed E-state index contributed by atoms with van der Waals surface area (Å²) in [5.41, 5.74) is 3.37. The number of aryl methyl sites for hydroxylation is 1. The number of Topliss-reactive ketones (excluding diaryl/α,β-unsaturated/α-hetero) is 1. The Morgan fingerprint density at radius 1 is 1.37 bits per heavy atom. The van der Waals surface area contributed by atoms with Crippen molar-refractivity contribution in [2.75, 3.05) is 5.75 Å². The van der Waals surface area contributed by atoms with Crippen LogP contribution in [0.4, 0.5) is 0 Å². The molecule has 2 rings (SSSR count). The Morgan fingerprint density at radius 3 is 2.58 bits per heavy atom. The van der Waals surface area contributed by atoms with Gasteiger partial charge in [0.1, 0.15) is 0 Å². The van der Waals surface area contributed by atoms with Gasteiger partial charge < -0.3 is 4.57 Å². The molecule has 0 bridgehead atoms. The molecule has 1 aromatic heterocycles. The SMILES string of the molecule is Cc1cc(C(=O)CSC(C)C)c(C)n1C1CCCC1. The fourth-order valence-corrected chi connectivity index (χ4v) is 3.74. The number of rotatable bonds is 5. The van der Waals surface area contributed by atoms with Gasteiger partial charge in [0.05, 0.1) is 5.75 Å². The molecule has 0 aliphatic heterocycles. The Kier molecular flexibility index (Phi) is 4.77. The second-order valence-corrected chi connectivity index (χ2v) is 7.44. The summed E-state index contributed by atoms with van der Waals surface area (Å²) in [6, 6.07) is 2.72. The van der Waals surface area contributed by atoms with Crippen molar-refractivity contribution in [3.63, 3.8) is 0 Å². The van der Waals surface area contributed by atoms with E-state index in [0.29, 0.717) is 17.0 Å². The van der Waals surface area contributed by atoms with Gasteiger partial charge >= 0.3 is 0 Å². The highest BCUT2D eigenvalue weighted by Gasteiger charge is 2.23. The number of carbonyl (C=O) groups excluding carboxylic acids is 1. The molecule has 0 unspecified atom stereocenters. The zero-order valence-corrected chi connectivity index (χ0v) is 13.3. The molecule has 1 saturated carbocycles. The Morgan fingerprint density at radius 2 is 2.00 bits per heavy atom. The number of carbonyl (C=O) groups is 1. The van der Waals surface area contributed by atoms with E-state index in [1.807, 2.05) is 0 Å². The number of aromatic nitrogens is 1. The second-order valence-electron chi connectivity index (χ2n) is 5.88. The maximum absolute atomic E-state index is 12.3. The van der Waals surface area contributed by atoms with Gasteiger partial charge in [0.25, 0.3) is 0 Å². The lowest BCUT2D eigenvalue weighted by atomic mass is 10.2. The molecule has 1 aliphatic rings. The second kappa shape index (κ2) is 6.17. The van der Waals surface area contributed by atoms with E-state index in [1.165, 1.54) is 37.1 Å². The maximum atomic E-state index is 12.3. The first-order chi connectivity index (χ1) is 9.00. The van der Waals surface area contributed by atoms with Gasteiger partial charge in [-0.2, -0.15) is 11.8 Å². The number of hydrogen-bond donors (Lipinski definition) is 0. The third-order valence-corrected chi connectivity index (χ3v) is 5.12. The highest BCUT2D eigenvalue weighted by atomic mass is 32.2. The van der Waals surface area contributed by atoms with Crippen LogP contribution in [-0.4, -0.2) is 21.4 Å². The van der Waals surface area contributed by atoms with Gasteiger partial charge in [-0.1, -0.05) is 26.7 Å². The van der Waals surface area contributed by atoms with E-state index in [0.717, 1.165) is 5.56 Å². The molecule has 0 amide bonds. The first-order valence-corrected chi connectivity index (χ1v) is 8.38. The number of thioether (sulfide) groups is 1. The van der Waals surface area contributed by atoms with E-state index in [1.54, 1.807) is 11.8 Å². The van der Waals surface area contributed by atoms with Crippen molar-refractivity contribution in [3.8, 4) is 0 Å². The zero-order chi connectivity index (χ0) is 14.0. The topological polar surface area (TPSA) is 22.0 Å². The minimum Gasteiger partial charge on any atom is -0.345 e. The molecule has 0 saturated heterocycles. The third kappa shape index (κ3) is 3.25.